The van der Waals surface area contributed by atoms with Crippen LogP contribution < -0.4 is 10.1 Å². The number of benzene rings is 1. The molecule has 1 aromatic heterocycles. The Hall–Kier alpha value is -2.14. The molecule has 0 aliphatic rings. The van der Waals surface area contributed by atoms with E-state index >= 15 is 0 Å². The summed E-state index contributed by atoms with van der Waals surface area (Å²) in [5, 5.41) is 2.91. The third-order valence-corrected chi connectivity index (χ3v) is 2.71. The Labute approximate surface area is 128 Å². The lowest BCUT2D eigenvalue weighted by molar-refractivity contribution is 0.102. The highest BCUT2D eigenvalue weighted by molar-refractivity contribution is 6.29. The molecule has 0 unspecified atom stereocenters. The number of carbonyl (C=O) groups is 1. The van der Waals surface area contributed by atoms with Gasteiger partial charge in [0.15, 0.2) is 0 Å². The maximum atomic E-state index is 12.2. The van der Waals surface area contributed by atoms with E-state index in [1.165, 1.54) is 0 Å². The fraction of sp³-hybridized carbons (Fsp3) is 0.267. The molecule has 0 saturated heterocycles. The van der Waals surface area contributed by atoms with E-state index in [2.05, 4.69) is 15.3 Å². The number of aryl methyl sites for hydroxylation is 1. The average molecular weight is 306 g/mol. The topological polar surface area (TPSA) is 64.1 Å². The van der Waals surface area contributed by atoms with Crippen molar-refractivity contribution in [2.24, 2.45) is 0 Å². The minimum absolute atomic E-state index is 0.0437. The molecule has 1 amide bonds. The van der Waals surface area contributed by atoms with Crippen molar-refractivity contribution in [3.63, 3.8) is 0 Å². The third-order valence-electron chi connectivity index (χ3n) is 2.52. The molecule has 2 rings (SSSR count). The molecule has 110 valence electrons. The summed E-state index contributed by atoms with van der Waals surface area (Å²) in [5.41, 5.74) is 1.15. The molecule has 1 N–H and O–H groups in total. The number of nitrogens with zero attached hydrogens (tertiary/aromatic N) is 2. The highest BCUT2D eigenvalue weighted by Crippen LogP contribution is 2.16. The predicted octanol–water partition coefficient (Wildman–Crippen LogP) is 3.48. The Morgan fingerprint density at radius 1 is 1.29 bits per heavy atom. The first-order valence-corrected chi connectivity index (χ1v) is 6.91. The first kappa shape index (κ1) is 15.3. The molecule has 0 spiro atoms. The maximum Gasteiger partial charge on any atom is 0.258 e. The maximum absolute atomic E-state index is 12.2. The van der Waals surface area contributed by atoms with Crippen molar-refractivity contribution in [3.8, 4) is 5.75 Å². The Morgan fingerprint density at radius 2 is 2.05 bits per heavy atom. The number of amides is 1. The zero-order chi connectivity index (χ0) is 15.4. The largest absolute Gasteiger partial charge is 0.491 e. The fourth-order valence-electron chi connectivity index (χ4n) is 1.74. The lowest BCUT2D eigenvalue weighted by Crippen LogP contribution is -2.15. The van der Waals surface area contributed by atoms with Gasteiger partial charge in [0.1, 0.15) is 10.9 Å². The predicted molar refractivity (Wildman–Crippen MR) is 81.9 cm³/mol. The molecule has 0 radical (unpaired) electrons. The number of aromatic nitrogens is 2. The minimum atomic E-state index is -0.314. The van der Waals surface area contributed by atoms with Crippen LogP contribution in [0.1, 0.15) is 29.9 Å². The van der Waals surface area contributed by atoms with Gasteiger partial charge in [-0.25, -0.2) is 9.97 Å². The van der Waals surface area contributed by atoms with Crippen LogP contribution in [0.15, 0.2) is 30.3 Å². The van der Waals surface area contributed by atoms with Crippen LogP contribution in [0.3, 0.4) is 0 Å². The molecule has 1 heterocycles. The number of ether oxygens (including phenoxy) is 1. The molecular weight excluding hydrogens is 290 g/mol. The van der Waals surface area contributed by atoms with Gasteiger partial charge in [-0.05, 0) is 45.0 Å². The van der Waals surface area contributed by atoms with Gasteiger partial charge >= 0.3 is 0 Å². The first-order valence-electron chi connectivity index (χ1n) is 6.53. The van der Waals surface area contributed by atoms with Crippen molar-refractivity contribution < 1.29 is 9.53 Å². The smallest absolute Gasteiger partial charge is 0.258 e. The van der Waals surface area contributed by atoms with Gasteiger partial charge in [-0.3, -0.25) is 10.1 Å². The Balaban J connectivity index is 2.16. The van der Waals surface area contributed by atoms with Gasteiger partial charge in [0.05, 0.1) is 6.10 Å². The number of anilines is 1. The molecular formula is C15H16ClN3O2. The number of nitrogens with one attached hydrogen (secondary N) is 1. The van der Waals surface area contributed by atoms with Crippen LogP contribution in [-0.4, -0.2) is 22.0 Å². The summed E-state index contributed by atoms with van der Waals surface area (Å²) in [7, 11) is 0. The van der Waals surface area contributed by atoms with Crippen molar-refractivity contribution in [1.82, 2.24) is 9.97 Å². The summed E-state index contributed by atoms with van der Waals surface area (Å²) in [5.74, 6) is 0.506. The molecule has 0 aliphatic carbocycles. The lowest BCUT2D eigenvalue weighted by atomic mass is 10.2. The molecule has 0 bridgehead atoms. The van der Waals surface area contributed by atoms with Gasteiger partial charge in [-0.2, -0.15) is 0 Å². The van der Waals surface area contributed by atoms with Gasteiger partial charge in [-0.1, -0.05) is 17.7 Å². The number of halogens is 1. The molecule has 6 heteroatoms. The van der Waals surface area contributed by atoms with Crippen molar-refractivity contribution in [2.45, 2.75) is 26.9 Å². The quantitative estimate of drug-likeness (QED) is 0.878. The second-order valence-corrected chi connectivity index (χ2v) is 5.19. The van der Waals surface area contributed by atoms with E-state index in [0.717, 1.165) is 0 Å². The third kappa shape index (κ3) is 4.43. The number of hydrogen-bond acceptors (Lipinski definition) is 4. The molecule has 0 aliphatic heterocycles. The highest BCUT2D eigenvalue weighted by atomic mass is 35.5. The molecule has 1 aromatic carbocycles. The van der Waals surface area contributed by atoms with Crippen LogP contribution in [-0.2, 0) is 0 Å². The van der Waals surface area contributed by atoms with E-state index in [4.69, 9.17) is 16.3 Å². The summed E-state index contributed by atoms with van der Waals surface area (Å²) >= 11 is 5.84. The SMILES string of the molecule is Cc1cc(Cl)nc(NC(=O)c2cccc(OC(C)C)c2)n1. The zero-order valence-electron chi connectivity index (χ0n) is 12.1. The van der Waals surface area contributed by atoms with Crippen LogP contribution in [0, 0.1) is 6.92 Å². The Bertz CT molecular complexity index is 639. The number of rotatable bonds is 4. The van der Waals surface area contributed by atoms with Crippen LogP contribution >= 0.6 is 11.6 Å². The molecule has 0 saturated carbocycles. The summed E-state index contributed by atoms with van der Waals surface area (Å²) in [4.78, 5) is 20.3. The van der Waals surface area contributed by atoms with Crippen molar-refractivity contribution >= 4 is 23.5 Å². The van der Waals surface area contributed by atoms with E-state index < -0.39 is 0 Å². The number of hydrogen-bond donors (Lipinski definition) is 1. The van der Waals surface area contributed by atoms with Crippen molar-refractivity contribution in [3.05, 3.63) is 46.7 Å². The van der Waals surface area contributed by atoms with Gasteiger partial charge < -0.3 is 4.74 Å². The van der Waals surface area contributed by atoms with Gasteiger partial charge in [0.25, 0.3) is 5.91 Å². The summed E-state index contributed by atoms with van der Waals surface area (Å²) in [6.45, 7) is 5.63. The van der Waals surface area contributed by atoms with E-state index in [9.17, 15) is 4.79 Å². The minimum Gasteiger partial charge on any atom is -0.491 e. The summed E-state index contributed by atoms with van der Waals surface area (Å²) < 4.78 is 5.56. The normalized spacial score (nSPS) is 10.5. The van der Waals surface area contributed by atoms with Gasteiger partial charge in [-0.15, -0.1) is 0 Å². The monoisotopic (exact) mass is 305 g/mol. The van der Waals surface area contributed by atoms with Crippen LogP contribution in [0.2, 0.25) is 5.15 Å². The van der Waals surface area contributed by atoms with Gasteiger partial charge in [0.2, 0.25) is 5.95 Å². The number of carbonyl (C=O) groups excluding carboxylic acids is 1. The first-order chi connectivity index (χ1) is 9.94. The lowest BCUT2D eigenvalue weighted by Gasteiger charge is -2.11. The Kier molecular flexibility index (Phi) is 4.75. The van der Waals surface area contributed by atoms with Crippen molar-refractivity contribution in [1.29, 1.82) is 0 Å². The van der Waals surface area contributed by atoms with Gasteiger partial charge in [0, 0.05) is 11.3 Å². The van der Waals surface area contributed by atoms with Crippen molar-refractivity contribution in [2.75, 3.05) is 5.32 Å². The zero-order valence-corrected chi connectivity index (χ0v) is 12.8. The van der Waals surface area contributed by atoms with E-state index in [0.29, 0.717) is 17.0 Å². The second-order valence-electron chi connectivity index (χ2n) is 4.80. The van der Waals surface area contributed by atoms with E-state index in [1.54, 1.807) is 37.3 Å². The molecule has 0 fully saturated rings. The van der Waals surface area contributed by atoms with Crippen LogP contribution in [0.5, 0.6) is 5.75 Å². The summed E-state index contributed by atoms with van der Waals surface area (Å²) in [6, 6.07) is 8.55. The second kappa shape index (κ2) is 6.54. The Morgan fingerprint density at radius 3 is 2.71 bits per heavy atom. The fourth-order valence-corrected chi connectivity index (χ4v) is 1.98. The average Bonchev–Trinajstić information content (AvgIpc) is 2.36. The molecule has 2 aromatic rings. The molecule has 5 nitrogen and oxygen atoms in total. The molecule has 21 heavy (non-hydrogen) atoms. The highest BCUT2D eigenvalue weighted by Gasteiger charge is 2.10. The summed E-state index contributed by atoms with van der Waals surface area (Å²) in [6.07, 6.45) is 0.0437. The van der Waals surface area contributed by atoms with E-state index in [1.807, 2.05) is 13.8 Å². The van der Waals surface area contributed by atoms with Crippen LogP contribution in [0.4, 0.5) is 5.95 Å². The van der Waals surface area contributed by atoms with E-state index in [-0.39, 0.29) is 23.1 Å². The standard InChI is InChI=1S/C15H16ClN3O2/c1-9(2)21-12-6-4-5-11(8-12)14(20)19-15-17-10(3)7-13(16)18-15/h4-9H,1-3H3,(H,17,18,19,20). The molecule has 0 atom stereocenters. The van der Waals surface area contributed by atoms with Crippen LogP contribution in [0.25, 0.3) is 0 Å².